The summed E-state index contributed by atoms with van der Waals surface area (Å²) in [4.78, 5) is 0. The molecular weight excluding hydrogens is 276 g/mol. The predicted molar refractivity (Wildman–Crippen MR) is 89.4 cm³/mol. The summed E-state index contributed by atoms with van der Waals surface area (Å²) in [5, 5.41) is 14.7. The van der Waals surface area contributed by atoms with Gasteiger partial charge in [-0.25, -0.2) is 0 Å². The average Bonchev–Trinajstić information content (AvgIpc) is 2.97. The van der Waals surface area contributed by atoms with E-state index in [0.29, 0.717) is 13.1 Å². The van der Waals surface area contributed by atoms with E-state index in [1.54, 1.807) is 7.11 Å². The molecule has 0 radical (unpaired) electrons. The van der Waals surface area contributed by atoms with Gasteiger partial charge in [-0.15, -0.1) is 0 Å². The Kier molecular flexibility index (Phi) is 4.30. The van der Waals surface area contributed by atoms with Crippen LogP contribution in [0.5, 0.6) is 5.75 Å². The van der Waals surface area contributed by atoms with Crippen molar-refractivity contribution in [3.63, 3.8) is 0 Å². The zero-order chi connectivity index (χ0) is 15.4. The van der Waals surface area contributed by atoms with Gasteiger partial charge in [-0.1, -0.05) is 18.2 Å². The number of nitrogens with one attached hydrogen (secondary N) is 1. The highest BCUT2D eigenvalue weighted by molar-refractivity contribution is 5.79. The molecule has 0 saturated carbocycles. The average molecular weight is 296 g/mol. The number of aliphatic hydroxyl groups excluding tert-OH is 1. The summed E-state index contributed by atoms with van der Waals surface area (Å²) >= 11 is 0. The van der Waals surface area contributed by atoms with Crippen LogP contribution in [0, 0.1) is 0 Å². The van der Waals surface area contributed by atoms with Crippen molar-refractivity contribution in [3.05, 3.63) is 60.8 Å². The summed E-state index contributed by atoms with van der Waals surface area (Å²) in [7, 11) is 1.65. The smallest absolute Gasteiger partial charge is 0.119 e. The van der Waals surface area contributed by atoms with Crippen LogP contribution in [-0.2, 0) is 6.54 Å². The lowest BCUT2D eigenvalue weighted by atomic mass is 10.2. The molecule has 3 rings (SSSR count). The first-order valence-electron chi connectivity index (χ1n) is 7.36. The summed E-state index contributed by atoms with van der Waals surface area (Å²) in [5.41, 5.74) is 2.11. The van der Waals surface area contributed by atoms with Crippen molar-refractivity contribution in [2.24, 2.45) is 0 Å². The highest BCUT2D eigenvalue weighted by Crippen LogP contribution is 2.17. The van der Waals surface area contributed by atoms with Crippen molar-refractivity contribution in [2.75, 3.05) is 19.0 Å². The van der Waals surface area contributed by atoms with Crippen LogP contribution in [0.3, 0.4) is 0 Å². The van der Waals surface area contributed by atoms with Crippen LogP contribution in [0.25, 0.3) is 10.9 Å². The van der Waals surface area contributed by atoms with Gasteiger partial charge in [-0.05, 0) is 41.8 Å². The lowest BCUT2D eigenvalue weighted by Crippen LogP contribution is -2.24. The van der Waals surface area contributed by atoms with Crippen molar-refractivity contribution >= 4 is 16.6 Å². The van der Waals surface area contributed by atoms with Gasteiger partial charge in [0.1, 0.15) is 5.75 Å². The first-order valence-corrected chi connectivity index (χ1v) is 7.36. The molecule has 2 N–H and O–H groups in total. The fraction of sp³-hybridized carbons (Fsp3) is 0.222. The number of aliphatic hydroxyl groups is 1. The largest absolute Gasteiger partial charge is 0.497 e. The Hall–Kier alpha value is -2.46. The van der Waals surface area contributed by atoms with Crippen LogP contribution < -0.4 is 10.1 Å². The Labute approximate surface area is 130 Å². The first-order chi connectivity index (χ1) is 10.8. The predicted octanol–water partition coefficient (Wildman–Crippen LogP) is 3.12. The van der Waals surface area contributed by atoms with Gasteiger partial charge in [0, 0.05) is 23.9 Å². The number of hydrogen-bond donors (Lipinski definition) is 2. The summed E-state index contributed by atoms with van der Waals surface area (Å²) in [5.74, 6) is 0.824. The Morgan fingerprint density at radius 2 is 1.86 bits per heavy atom. The van der Waals surface area contributed by atoms with Crippen LogP contribution in [0.4, 0.5) is 5.69 Å². The maximum Gasteiger partial charge on any atom is 0.119 e. The lowest BCUT2D eigenvalue weighted by molar-refractivity contribution is 0.168. The van der Waals surface area contributed by atoms with E-state index in [1.807, 2.05) is 42.6 Å². The minimum atomic E-state index is -0.460. The molecule has 4 nitrogen and oxygen atoms in total. The monoisotopic (exact) mass is 296 g/mol. The van der Waals surface area contributed by atoms with E-state index in [2.05, 4.69) is 28.1 Å². The fourth-order valence-corrected chi connectivity index (χ4v) is 2.54. The zero-order valence-corrected chi connectivity index (χ0v) is 12.6. The summed E-state index contributed by atoms with van der Waals surface area (Å²) in [6.45, 7) is 1.06. The topological polar surface area (TPSA) is 46.4 Å². The van der Waals surface area contributed by atoms with Crippen molar-refractivity contribution in [1.29, 1.82) is 0 Å². The number of methoxy groups -OCH3 is 1. The second-order valence-electron chi connectivity index (χ2n) is 5.29. The number of benzene rings is 2. The molecule has 0 aliphatic rings. The molecule has 0 aliphatic heterocycles. The summed E-state index contributed by atoms with van der Waals surface area (Å²) in [6.07, 6.45) is 1.55. The molecule has 2 aromatic carbocycles. The van der Waals surface area contributed by atoms with Crippen LogP contribution >= 0.6 is 0 Å². The first kappa shape index (κ1) is 14.5. The number of aromatic nitrogens is 1. The third-order valence-electron chi connectivity index (χ3n) is 3.72. The molecule has 0 spiro atoms. The second-order valence-corrected chi connectivity index (χ2v) is 5.29. The molecule has 114 valence electrons. The van der Waals surface area contributed by atoms with E-state index < -0.39 is 6.10 Å². The van der Waals surface area contributed by atoms with Gasteiger partial charge in [0.2, 0.25) is 0 Å². The number of fused-ring (bicyclic) bond motifs is 1. The maximum absolute atomic E-state index is 10.2. The Balaban J connectivity index is 1.59. The van der Waals surface area contributed by atoms with E-state index in [9.17, 15) is 5.11 Å². The zero-order valence-electron chi connectivity index (χ0n) is 12.6. The van der Waals surface area contributed by atoms with Crippen LogP contribution in [0.1, 0.15) is 0 Å². The summed E-state index contributed by atoms with van der Waals surface area (Å²) in [6, 6.07) is 17.9. The molecule has 0 fully saturated rings. The van der Waals surface area contributed by atoms with Crippen molar-refractivity contribution in [3.8, 4) is 5.75 Å². The molecule has 1 aromatic heterocycles. The Bertz CT molecular complexity index is 734. The van der Waals surface area contributed by atoms with Gasteiger partial charge in [-0.3, -0.25) is 0 Å². The molecule has 0 saturated heterocycles. The van der Waals surface area contributed by atoms with Gasteiger partial charge in [0.05, 0.1) is 19.8 Å². The number of para-hydroxylation sites is 1. The molecular formula is C18H20N2O2. The lowest BCUT2D eigenvalue weighted by Gasteiger charge is -2.14. The molecule has 0 aliphatic carbocycles. The van der Waals surface area contributed by atoms with Gasteiger partial charge >= 0.3 is 0 Å². The quantitative estimate of drug-likeness (QED) is 0.734. The third kappa shape index (κ3) is 3.23. The van der Waals surface area contributed by atoms with Gasteiger partial charge in [0.25, 0.3) is 0 Å². The molecule has 0 amide bonds. The Morgan fingerprint density at radius 1 is 1.09 bits per heavy atom. The molecule has 4 heteroatoms. The second kappa shape index (κ2) is 6.54. The van der Waals surface area contributed by atoms with E-state index in [4.69, 9.17) is 4.74 Å². The highest BCUT2D eigenvalue weighted by Gasteiger charge is 2.07. The summed E-state index contributed by atoms with van der Waals surface area (Å²) < 4.78 is 7.20. The number of anilines is 1. The molecule has 0 bridgehead atoms. The standard InChI is InChI=1S/C18H20N2O2/c1-22-17-8-6-15(7-9-17)19-12-16(21)13-20-11-10-14-4-2-3-5-18(14)20/h2-11,16,19,21H,12-13H2,1H3/t16-/m0/s1. The van der Waals surface area contributed by atoms with Crippen LogP contribution in [-0.4, -0.2) is 29.4 Å². The SMILES string of the molecule is COc1ccc(NC[C@H](O)Cn2ccc3ccccc32)cc1. The number of rotatable bonds is 6. The Morgan fingerprint density at radius 3 is 2.64 bits per heavy atom. The van der Waals surface area contributed by atoms with Crippen LogP contribution in [0.15, 0.2) is 60.8 Å². The number of ether oxygens (including phenoxy) is 1. The van der Waals surface area contributed by atoms with Crippen molar-refractivity contribution in [1.82, 2.24) is 4.57 Å². The molecule has 1 atom stereocenters. The van der Waals surface area contributed by atoms with Gasteiger partial charge < -0.3 is 19.7 Å². The van der Waals surface area contributed by atoms with E-state index in [-0.39, 0.29) is 0 Å². The van der Waals surface area contributed by atoms with Crippen LogP contribution in [0.2, 0.25) is 0 Å². The third-order valence-corrected chi connectivity index (χ3v) is 3.72. The van der Waals surface area contributed by atoms with Gasteiger partial charge in [-0.2, -0.15) is 0 Å². The van der Waals surface area contributed by atoms with Gasteiger partial charge in [0.15, 0.2) is 0 Å². The molecule has 0 unspecified atom stereocenters. The molecule has 1 heterocycles. The fourth-order valence-electron chi connectivity index (χ4n) is 2.54. The van der Waals surface area contributed by atoms with E-state index in [1.165, 1.54) is 5.39 Å². The maximum atomic E-state index is 10.2. The minimum Gasteiger partial charge on any atom is -0.497 e. The minimum absolute atomic E-state index is 0.460. The van der Waals surface area contributed by atoms with E-state index in [0.717, 1.165) is 17.0 Å². The van der Waals surface area contributed by atoms with Crippen molar-refractivity contribution < 1.29 is 9.84 Å². The van der Waals surface area contributed by atoms with Crippen molar-refractivity contribution in [2.45, 2.75) is 12.6 Å². The highest BCUT2D eigenvalue weighted by atomic mass is 16.5. The number of hydrogen-bond acceptors (Lipinski definition) is 3. The molecule has 3 aromatic rings. The molecule has 22 heavy (non-hydrogen) atoms. The number of nitrogens with zero attached hydrogens (tertiary/aromatic N) is 1. The normalized spacial score (nSPS) is 12.3. The van der Waals surface area contributed by atoms with E-state index >= 15 is 0 Å².